The molecule has 0 saturated heterocycles. The zero-order chi connectivity index (χ0) is 20.7. The highest BCUT2D eigenvalue weighted by Crippen LogP contribution is 2.47. The number of nitrogens with zero attached hydrogens (tertiary/aromatic N) is 1. The fraction of sp³-hybridized carbons (Fsp3) is 0.385. The third-order valence-electron chi connectivity index (χ3n) is 6.80. The number of ether oxygens (including phenoxy) is 1. The Bertz CT molecular complexity index is 982. The minimum Gasteiger partial charge on any atom is -0.483 e. The van der Waals surface area contributed by atoms with Crippen molar-refractivity contribution in [3.8, 4) is 0 Å². The van der Waals surface area contributed by atoms with Crippen LogP contribution in [0.4, 0.5) is 0 Å². The Hall–Kier alpha value is -2.88. The van der Waals surface area contributed by atoms with E-state index in [0.717, 1.165) is 31.2 Å². The maximum Gasteiger partial charge on any atom is 0.290 e. The fourth-order valence-electron chi connectivity index (χ4n) is 5.23. The van der Waals surface area contributed by atoms with Gasteiger partial charge in [0.1, 0.15) is 6.10 Å². The number of rotatable bonds is 4. The van der Waals surface area contributed by atoms with Crippen molar-refractivity contribution in [2.45, 2.75) is 44.8 Å². The molecule has 0 N–H and O–H groups in total. The van der Waals surface area contributed by atoms with Crippen LogP contribution in [0.2, 0.25) is 0 Å². The summed E-state index contributed by atoms with van der Waals surface area (Å²) in [5.41, 5.74) is 2.73. The van der Waals surface area contributed by atoms with Gasteiger partial charge in [0.15, 0.2) is 11.5 Å². The number of benzene rings is 2. The normalized spacial score (nSPS) is 28.2. The summed E-state index contributed by atoms with van der Waals surface area (Å²) in [4.78, 5) is 28.9. The first-order valence-corrected chi connectivity index (χ1v) is 11.0. The third-order valence-corrected chi connectivity index (χ3v) is 6.80. The summed E-state index contributed by atoms with van der Waals surface area (Å²) < 4.78 is 6.25. The molecular weight excluding hydrogens is 374 g/mol. The molecule has 2 aromatic carbocycles. The van der Waals surface area contributed by atoms with Crippen molar-refractivity contribution in [1.29, 1.82) is 0 Å². The van der Waals surface area contributed by atoms with Crippen LogP contribution in [0.25, 0.3) is 0 Å². The van der Waals surface area contributed by atoms with Crippen LogP contribution in [-0.2, 0) is 20.7 Å². The van der Waals surface area contributed by atoms with Crippen molar-refractivity contribution < 1.29 is 14.3 Å². The van der Waals surface area contributed by atoms with Gasteiger partial charge in [-0.15, -0.1) is 0 Å². The van der Waals surface area contributed by atoms with Crippen molar-refractivity contribution in [2.24, 2.45) is 11.8 Å². The molecule has 1 fully saturated rings. The molecule has 3 aliphatic rings. The van der Waals surface area contributed by atoms with Crippen molar-refractivity contribution in [1.82, 2.24) is 4.90 Å². The van der Waals surface area contributed by atoms with E-state index >= 15 is 0 Å². The molecule has 0 radical (unpaired) electrons. The molecule has 4 nitrogen and oxygen atoms in total. The number of hydrogen-bond donors (Lipinski definition) is 0. The molecule has 0 bridgehead atoms. The Kier molecular flexibility index (Phi) is 4.93. The summed E-state index contributed by atoms with van der Waals surface area (Å²) >= 11 is 0. The number of carbonyl (C=O) groups excluding carboxylic acids is 2. The van der Waals surface area contributed by atoms with Gasteiger partial charge in [-0.2, -0.15) is 0 Å². The van der Waals surface area contributed by atoms with Gasteiger partial charge in [-0.1, -0.05) is 67.6 Å². The lowest BCUT2D eigenvalue weighted by Crippen LogP contribution is -2.41. The third kappa shape index (κ3) is 3.24. The Balaban J connectivity index is 1.50. The largest absolute Gasteiger partial charge is 0.483 e. The maximum absolute atomic E-state index is 13.6. The fourth-order valence-corrected chi connectivity index (χ4v) is 5.23. The van der Waals surface area contributed by atoms with Gasteiger partial charge < -0.3 is 9.64 Å². The van der Waals surface area contributed by atoms with Gasteiger partial charge in [0, 0.05) is 6.54 Å². The van der Waals surface area contributed by atoms with Crippen LogP contribution >= 0.6 is 0 Å². The average Bonchev–Trinajstić information content (AvgIpc) is 3.06. The molecule has 154 valence electrons. The highest BCUT2D eigenvalue weighted by Gasteiger charge is 2.52. The van der Waals surface area contributed by atoms with E-state index < -0.39 is 0 Å². The van der Waals surface area contributed by atoms with Crippen LogP contribution in [-0.4, -0.2) is 29.2 Å². The van der Waals surface area contributed by atoms with Gasteiger partial charge in [-0.05, 0) is 42.7 Å². The summed E-state index contributed by atoms with van der Waals surface area (Å²) in [6.07, 6.45) is 3.34. The number of fused-ring (bicyclic) bond motifs is 1. The highest BCUT2D eigenvalue weighted by atomic mass is 16.5. The van der Waals surface area contributed by atoms with Crippen LogP contribution < -0.4 is 0 Å². The zero-order valence-corrected chi connectivity index (χ0v) is 17.3. The topological polar surface area (TPSA) is 46.6 Å². The smallest absolute Gasteiger partial charge is 0.290 e. The molecule has 4 heteroatoms. The molecule has 2 aliphatic heterocycles. The molecule has 1 aliphatic carbocycles. The second-order valence-electron chi connectivity index (χ2n) is 8.84. The van der Waals surface area contributed by atoms with Crippen LogP contribution in [0.5, 0.6) is 0 Å². The van der Waals surface area contributed by atoms with Crippen molar-refractivity contribution >= 4 is 11.7 Å². The molecule has 0 spiro atoms. The van der Waals surface area contributed by atoms with Gasteiger partial charge in [0.25, 0.3) is 5.91 Å². The van der Waals surface area contributed by atoms with Gasteiger partial charge in [0.2, 0.25) is 0 Å². The lowest BCUT2D eigenvalue weighted by atomic mass is 9.74. The first kappa shape index (κ1) is 19.1. The maximum atomic E-state index is 13.6. The van der Waals surface area contributed by atoms with Crippen molar-refractivity contribution in [3.05, 3.63) is 83.1 Å². The van der Waals surface area contributed by atoms with Crippen molar-refractivity contribution in [3.63, 3.8) is 0 Å². The van der Waals surface area contributed by atoms with Crippen LogP contribution in [0, 0.1) is 11.8 Å². The van der Waals surface area contributed by atoms with Gasteiger partial charge in [-0.25, -0.2) is 0 Å². The van der Waals surface area contributed by atoms with E-state index in [4.69, 9.17) is 4.74 Å². The summed E-state index contributed by atoms with van der Waals surface area (Å²) in [5.74, 6) is 0.679. The molecule has 1 saturated carbocycles. The minimum atomic E-state index is -0.358. The lowest BCUT2D eigenvalue weighted by Gasteiger charge is -2.37. The highest BCUT2D eigenvalue weighted by molar-refractivity contribution is 6.11. The number of amides is 1. The molecule has 2 heterocycles. The van der Waals surface area contributed by atoms with E-state index in [1.54, 1.807) is 0 Å². The number of Topliss-reactive ketones (excluding diaryl/α,β-unsaturated/α-hetero) is 1. The van der Waals surface area contributed by atoms with E-state index in [1.807, 2.05) is 53.4 Å². The second kappa shape index (κ2) is 7.75. The molecule has 2 aromatic rings. The van der Waals surface area contributed by atoms with Gasteiger partial charge >= 0.3 is 0 Å². The van der Waals surface area contributed by atoms with E-state index in [-0.39, 0.29) is 29.8 Å². The molecule has 5 rings (SSSR count). The molecular formula is C26H27NO3. The second-order valence-corrected chi connectivity index (χ2v) is 8.84. The monoisotopic (exact) mass is 401 g/mol. The summed E-state index contributed by atoms with van der Waals surface area (Å²) in [6, 6.07) is 19.7. The summed E-state index contributed by atoms with van der Waals surface area (Å²) in [6.45, 7) is 2.76. The quantitative estimate of drug-likeness (QED) is 0.759. The summed E-state index contributed by atoms with van der Waals surface area (Å²) in [7, 11) is 0. The predicted octanol–water partition coefficient (Wildman–Crippen LogP) is 4.47. The van der Waals surface area contributed by atoms with Crippen LogP contribution in [0.3, 0.4) is 0 Å². The first-order chi connectivity index (χ1) is 14.6. The van der Waals surface area contributed by atoms with E-state index in [0.29, 0.717) is 23.8 Å². The zero-order valence-electron chi connectivity index (χ0n) is 17.3. The van der Waals surface area contributed by atoms with Crippen LogP contribution in [0.15, 0.2) is 72.0 Å². The molecule has 4 unspecified atom stereocenters. The number of hydrogen-bond acceptors (Lipinski definition) is 3. The Morgan fingerprint density at radius 3 is 2.40 bits per heavy atom. The average molecular weight is 402 g/mol. The van der Waals surface area contributed by atoms with E-state index in [2.05, 4.69) is 19.1 Å². The number of ketones is 1. The SMILES string of the molecule is CC1CCC2OC3=C(C(=O)C2C1)C(c1ccccc1)N(CCc1ccccc1)C3=O. The van der Waals surface area contributed by atoms with E-state index in [1.165, 1.54) is 5.56 Å². The minimum absolute atomic E-state index is 0.122. The Morgan fingerprint density at radius 1 is 0.967 bits per heavy atom. The van der Waals surface area contributed by atoms with Gasteiger partial charge in [-0.3, -0.25) is 9.59 Å². The molecule has 1 amide bonds. The lowest BCUT2D eigenvalue weighted by molar-refractivity contribution is -0.136. The summed E-state index contributed by atoms with van der Waals surface area (Å²) in [5, 5.41) is 0. The molecule has 30 heavy (non-hydrogen) atoms. The van der Waals surface area contributed by atoms with E-state index in [9.17, 15) is 9.59 Å². The predicted molar refractivity (Wildman–Crippen MR) is 114 cm³/mol. The van der Waals surface area contributed by atoms with Crippen molar-refractivity contribution in [2.75, 3.05) is 6.54 Å². The number of carbonyl (C=O) groups is 2. The molecule has 0 aromatic heterocycles. The first-order valence-electron chi connectivity index (χ1n) is 11.0. The standard InChI is InChI=1S/C26H27NO3/c1-17-12-13-21-20(16-17)24(28)22-23(19-10-6-3-7-11-19)27(26(29)25(22)30-21)15-14-18-8-4-2-5-9-18/h2-11,17,20-21,23H,12-16H2,1H3. The molecule has 4 atom stereocenters. The van der Waals surface area contributed by atoms with Gasteiger partial charge in [0.05, 0.1) is 17.5 Å². The Morgan fingerprint density at radius 2 is 1.67 bits per heavy atom. The Labute approximate surface area is 177 Å². The van der Waals surface area contributed by atoms with Crippen LogP contribution in [0.1, 0.15) is 43.4 Å².